The maximum Gasteiger partial charge on any atom is 0.0406 e. The molecule has 0 aliphatic carbocycles. The molecule has 0 radical (unpaired) electrons. The van der Waals surface area contributed by atoms with Gasteiger partial charge < -0.3 is 5.32 Å². The van der Waals surface area contributed by atoms with E-state index in [0.717, 1.165) is 5.02 Å². The second-order valence-corrected chi connectivity index (χ2v) is 5.91. The molecule has 0 fully saturated rings. The van der Waals surface area contributed by atoms with E-state index in [2.05, 4.69) is 45.3 Å². The predicted octanol–water partition coefficient (Wildman–Crippen LogP) is 4.86. The SMILES string of the molecule is CCCC(c1ccc(Cl)cc1)C(CC(C)C)NC. The molecule has 1 nitrogen and oxygen atoms in total. The van der Waals surface area contributed by atoms with Crippen LogP contribution >= 0.6 is 11.6 Å². The summed E-state index contributed by atoms with van der Waals surface area (Å²) >= 11 is 5.98. The molecular formula is C16H26ClN. The summed E-state index contributed by atoms with van der Waals surface area (Å²) in [5.74, 6) is 1.30. The lowest BCUT2D eigenvalue weighted by atomic mass is 9.83. The van der Waals surface area contributed by atoms with E-state index in [0.29, 0.717) is 17.9 Å². The molecule has 0 bridgehead atoms. The monoisotopic (exact) mass is 267 g/mol. The van der Waals surface area contributed by atoms with Crippen molar-refractivity contribution in [2.24, 2.45) is 5.92 Å². The minimum atomic E-state index is 0.547. The molecular weight excluding hydrogens is 242 g/mol. The van der Waals surface area contributed by atoms with Gasteiger partial charge in [-0.05, 0) is 49.4 Å². The zero-order valence-electron chi connectivity index (χ0n) is 12.0. The summed E-state index contributed by atoms with van der Waals surface area (Å²) in [5, 5.41) is 4.32. The van der Waals surface area contributed by atoms with Crippen molar-refractivity contribution in [3.8, 4) is 0 Å². The first kappa shape index (κ1) is 15.5. The Bertz CT molecular complexity index is 331. The number of hydrogen-bond acceptors (Lipinski definition) is 1. The van der Waals surface area contributed by atoms with Crippen LogP contribution in [0.5, 0.6) is 0 Å². The van der Waals surface area contributed by atoms with Gasteiger partial charge >= 0.3 is 0 Å². The lowest BCUT2D eigenvalue weighted by molar-refractivity contribution is 0.368. The molecule has 0 aliphatic rings. The third-order valence-electron chi connectivity index (χ3n) is 3.48. The van der Waals surface area contributed by atoms with Crippen LogP contribution in [0, 0.1) is 5.92 Å². The summed E-state index contributed by atoms with van der Waals surface area (Å²) in [6.45, 7) is 6.83. The molecule has 1 aromatic carbocycles. The summed E-state index contributed by atoms with van der Waals surface area (Å²) in [7, 11) is 2.08. The largest absolute Gasteiger partial charge is 0.316 e. The number of hydrogen-bond donors (Lipinski definition) is 1. The Balaban J connectivity index is 2.88. The minimum absolute atomic E-state index is 0.547. The first-order valence-corrected chi connectivity index (χ1v) is 7.39. The molecule has 2 atom stereocenters. The van der Waals surface area contributed by atoms with Crippen molar-refractivity contribution in [3.63, 3.8) is 0 Å². The molecule has 0 spiro atoms. The highest BCUT2D eigenvalue weighted by Gasteiger charge is 2.21. The third kappa shape index (κ3) is 4.62. The molecule has 18 heavy (non-hydrogen) atoms. The fourth-order valence-corrected chi connectivity index (χ4v) is 2.74. The van der Waals surface area contributed by atoms with Gasteiger partial charge in [0.05, 0.1) is 0 Å². The fourth-order valence-electron chi connectivity index (χ4n) is 2.61. The molecule has 2 heteroatoms. The van der Waals surface area contributed by atoms with E-state index in [1.165, 1.54) is 24.8 Å². The van der Waals surface area contributed by atoms with Gasteiger partial charge in [-0.25, -0.2) is 0 Å². The second-order valence-electron chi connectivity index (χ2n) is 5.47. The first-order valence-electron chi connectivity index (χ1n) is 7.01. The van der Waals surface area contributed by atoms with Gasteiger partial charge in [-0.3, -0.25) is 0 Å². The van der Waals surface area contributed by atoms with Crippen LogP contribution < -0.4 is 5.32 Å². The zero-order valence-corrected chi connectivity index (χ0v) is 12.8. The lowest BCUT2D eigenvalue weighted by Gasteiger charge is -2.28. The van der Waals surface area contributed by atoms with E-state index >= 15 is 0 Å². The smallest absolute Gasteiger partial charge is 0.0406 e. The molecule has 1 aromatic rings. The quantitative estimate of drug-likeness (QED) is 0.744. The molecule has 0 heterocycles. The van der Waals surface area contributed by atoms with Crippen molar-refractivity contribution in [2.75, 3.05) is 7.05 Å². The van der Waals surface area contributed by atoms with E-state index in [1.807, 2.05) is 12.1 Å². The Labute approximate surface area is 117 Å². The second kappa shape index (κ2) is 7.81. The van der Waals surface area contributed by atoms with Gasteiger partial charge in [0.15, 0.2) is 0 Å². The average molecular weight is 268 g/mol. The van der Waals surface area contributed by atoms with E-state index in [1.54, 1.807) is 0 Å². The van der Waals surface area contributed by atoms with Gasteiger partial charge in [0.1, 0.15) is 0 Å². The van der Waals surface area contributed by atoms with Gasteiger partial charge in [-0.2, -0.15) is 0 Å². The molecule has 0 amide bonds. The molecule has 2 unspecified atom stereocenters. The summed E-state index contributed by atoms with van der Waals surface area (Å²) < 4.78 is 0. The van der Waals surface area contributed by atoms with E-state index < -0.39 is 0 Å². The highest BCUT2D eigenvalue weighted by atomic mass is 35.5. The predicted molar refractivity (Wildman–Crippen MR) is 81.4 cm³/mol. The molecule has 0 saturated heterocycles. The highest BCUT2D eigenvalue weighted by Crippen LogP contribution is 2.29. The highest BCUT2D eigenvalue weighted by molar-refractivity contribution is 6.30. The fraction of sp³-hybridized carbons (Fsp3) is 0.625. The van der Waals surface area contributed by atoms with Gasteiger partial charge in [0.2, 0.25) is 0 Å². The van der Waals surface area contributed by atoms with Gasteiger partial charge in [0, 0.05) is 11.1 Å². The van der Waals surface area contributed by atoms with Crippen molar-refractivity contribution in [1.29, 1.82) is 0 Å². The minimum Gasteiger partial charge on any atom is -0.316 e. The lowest BCUT2D eigenvalue weighted by Crippen LogP contribution is -2.33. The molecule has 102 valence electrons. The maximum absolute atomic E-state index is 5.98. The molecule has 0 aliphatic heterocycles. The Morgan fingerprint density at radius 3 is 2.22 bits per heavy atom. The average Bonchev–Trinajstić information content (AvgIpc) is 2.34. The summed E-state index contributed by atoms with van der Waals surface area (Å²) in [5.41, 5.74) is 1.40. The Hall–Kier alpha value is -0.530. The maximum atomic E-state index is 5.98. The van der Waals surface area contributed by atoms with E-state index in [9.17, 15) is 0 Å². The van der Waals surface area contributed by atoms with Crippen LogP contribution in [0.15, 0.2) is 24.3 Å². The van der Waals surface area contributed by atoms with Crippen LogP contribution in [0.1, 0.15) is 51.5 Å². The number of halogens is 1. The molecule has 1 N–H and O–H groups in total. The van der Waals surface area contributed by atoms with Gasteiger partial charge in [-0.1, -0.05) is 50.9 Å². The Morgan fingerprint density at radius 2 is 1.78 bits per heavy atom. The van der Waals surface area contributed by atoms with E-state index in [-0.39, 0.29) is 0 Å². The normalized spacial score (nSPS) is 14.8. The topological polar surface area (TPSA) is 12.0 Å². The Morgan fingerprint density at radius 1 is 1.17 bits per heavy atom. The molecule has 0 aromatic heterocycles. The van der Waals surface area contributed by atoms with Crippen molar-refractivity contribution in [1.82, 2.24) is 5.32 Å². The van der Waals surface area contributed by atoms with E-state index in [4.69, 9.17) is 11.6 Å². The number of likely N-dealkylation sites (N-methyl/N-ethyl adjacent to an activating group) is 1. The number of benzene rings is 1. The van der Waals surface area contributed by atoms with Gasteiger partial charge in [0.25, 0.3) is 0 Å². The van der Waals surface area contributed by atoms with Crippen LogP contribution in [0.25, 0.3) is 0 Å². The standard InChI is InChI=1S/C16H26ClN/c1-5-6-15(16(18-4)11-12(2)3)13-7-9-14(17)10-8-13/h7-10,12,15-16,18H,5-6,11H2,1-4H3. The summed E-state index contributed by atoms with van der Waals surface area (Å²) in [6, 6.07) is 8.90. The molecule has 1 rings (SSSR count). The summed E-state index contributed by atoms with van der Waals surface area (Å²) in [6.07, 6.45) is 3.65. The number of nitrogens with one attached hydrogen (secondary N) is 1. The zero-order chi connectivity index (χ0) is 13.5. The van der Waals surface area contributed by atoms with Gasteiger partial charge in [-0.15, -0.1) is 0 Å². The Kier molecular flexibility index (Phi) is 6.73. The number of rotatable bonds is 7. The third-order valence-corrected chi connectivity index (χ3v) is 3.73. The summed E-state index contributed by atoms with van der Waals surface area (Å²) in [4.78, 5) is 0. The van der Waals surface area contributed by atoms with Crippen LogP contribution in [0.4, 0.5) is 0 Å². The van der Waals surface area contributed by atoms with Crippen molar-refractivity contribution < 1.29 is 0 Å². The first-order chi connectivity index (χ1) is 8.58. The van der Waals surface area contributed by atoms with Crippen molar-refractivity contribution in [3.05, 3.63) is 34.9 Å². The van der Waals surface area contributed by atoms with Crippen LogP contribution in [0.3, 0.4) is 0 Å². The molecule has 0 saturated carbocycles. The van der Waals surface area contributed by atoms with Crippen LogP contribution in [0.2, 0.25) is 5.02 Å². The van der Waals surface area contributed by atoms with Crippen LogP contribution in [-0.2, 0) is 0 Å². The van der Waals surface area contributed by atoms with Crippen molar-refractivity contribution in [2.45, 2.75) is 52.0 Å². The van der Waals surface area contributed by atoms with Crippen molar-refractivity contribution >= 4 is 11.6 Å². The van der Waals surface area contributed by atoms with Crippen LogP contribution in [-0.4, -0.2) is 13.1 Å².